The van der Waals surface area contributed by atoms with E-state index in [-0.39, 0.29) is 0 Å². The molecule has 1 aliphatic rings. The lowest BCUT2D eigenvalue weighted by Crippen LogP contribution is -1.99. The minimum atomic E-state index is 0.430. The third-order valence-electron chi connectivity index (χ3n) is 4.50. The Morgan fingerprint density at radius 2 is 1.57 bits per heavy atom. The molecule has 0 aliphatic heterocycles. The maximum atomic E-state index is 4.49. The van der Waals surface area contributed by atoms with E-state index in [4.69, 9.17) is 0 Å². The highest BCUT2D eigenvalue weighted by Gasteiger charge is 2.23. The molecule has 0 radical (unpaired) electrons. The van der Waals surface area contributed by atoms with Crippen LogP contribution in [-0.4, -0.2) is 4.98 Å². The quantitative estimate of drug-likeness (QED) is 0.657. The first kappa shape index (κ1) is 14.0. The van der Waals surface area contributed by atoms with Gasteiger partial charge in [-0.2, -0.15) is 0 Å². The fourth-order valence-corrected chi connectivity index (χ4v) is 3.42. The number of nitrogens with zero attached hydrogens (tertiary/aromatic N) is 1. The van der Waals surface area contributed by atoms with Crippen LogP contribution in [0.4, 0.5) is 0 Å². The molecule has 0 saturated heterocycles. The number of fused-ring (bicyclic) bond motifs is 1. The Morgan fingerprint density at radius 3 is 2.39 bits per heavy atom. The Kier molecular flexibility index (Phi) is 3.77. The lowest BCUT2D eigenvalue weighted by Gasteiger charge is -2.10. The van der Waals surface area contributed by atoms with Crippen LogP contribution in [0.2, 0.25) is 0 Å². The third kappa shape index (κ3) is 2.95. The number of allylic oxidation sites excluding steroid dienone is 2. The minimum absolute atomic E-state index is 0.430. The molecule has 112 valence electrons. The molecule has 1 aliphatic carbocycles. The van der Waals surface area contributed by atoms with Gasteiger partial charge in [0.05, 0.1) is 0 Å². The van der Waals surface area contributed by atoms with E-state index in [1.807, 2.05) is 12.3 Å². The molecule has 2 aromatic carbocycles. The van der Waals surface area contributed by atoms with Gasteiger partial charge in [-0.3, -0.25) is 4.98 Å². The molecule has 3 aromatic rings. The predicted molar refractivity (Wildman–Crippen MR) is 95.2 cm³/mol. The van der Waals surface area contributed by atoms with Crippen molar-refractivity contribution in [3.63, 3.8) is 0 Å². The van der Waals surface area contributed by atoms with Crippen LogP contribution >= 0.6 is 0 Å². The van der Waals surface area contributed by atoms with Gasteiger partial charge in [0.15, 0.2) is 0 Å². The first-order valence-corrected chi connectivity index (χ1v) is 8.14. The van der Waals surface area contributed by atoms with E-state index in [1.54, 1.807) is 0 Å². The number of rotatable bonds is 4. The molecule has 0 amide bonds. The molecular weight excluding hydrogens is 278 g/mol. The van der Waals surface area contributed by atoms with Gasteiger partial charge in [0, 0.05) is 24.2 Å². The van der Waals surface area contributed by atoms with E-state index < -0.39 is 0 Å². The van der Waals surface area contributed by atoms with Gasteiger partial charge >= 0.3 is 0 Å². The second-order valence-electron chi connectivity index (χ2n) is 6.07. The van der Waals surface area contributed by atoms with Crippen LogP contribution in [0.3, 0.4) is 0 Å². The highest BCUT2D eigenvalue weighted by Crippen LogP contribution is 2.38. The van der Waals surface area contributed by atoms with Crippen molar-refractivity contribution in [1.29, 1.82) is 0 Å². The van der Waals surface area contributed by atoms with Crippen LogP contribution < -0.4 is 0 Å². The Balaban J connectivity index is 1.65. The van der Waals surface area contributed by atoms with E-state index in [0.29, 0.717) is 5.92 Å². The average Bonchev–Trinajstić information content (AvgIpc) is 2.95. The molecule has 23 heavy (non-hydrogen) atoms. The van der Waals surface area contributed by atoms with Crippen molar-refractivity contribution in [2.45, 2.75) is 18.8 Å². The van der Waals surface area contributed by atoms with Gasteiger partial charge < -0.3 is 0 Å². The summed E-state index contributed by atoms with van der Waals surface area (Å²) in [6.45, 7) is 0. The van der Waals surface area contributed by atoms with Crippen molar-refractivity contribution in [2.75, 3.05) is 0 Å². The van der Waals surface area contributed by atoms with Crippen LogP contribution in [0.25, 0.3) is 5.57 Å². The van der Waals surface area contributed by atoms with Crippen molar-refractivity contribution >= 4 is 5.57 Å². The van der Waals surface area contributed by atoms with E-state index in [2.05, 4.69) is 77.8 Å². The summed E-state index contributed by atoms with van der Waals surface area (Å²) in [5.41, 5.74) is 6.80. The standard InChI is InChI=1S/C22H19N/c1-2-8-17(9-3-1)14-18-15-19(16-20-10-6-7-13-23-20)22-12-5-4-11-21(18)22/h1-13,15,19H,14,16H2. The molecule has 1 heteroatoms. The Hall–Kier alpha value is -2.67. The van der Waals surface area contributed by atoms with Crippen molar-refractivity contribution in [1.82, 2.24) is 4.98 Å². The molecule has 0 bridgehead atoms. The SMILES string of the molecule is C1=C(Cc2ccccc2)c2ccccc2C1Cc1ccccn1. The van der Waals surface area contributed by atoms with E-state index in [9.17, 15) is 0 Å². The molecular formula is C22H19N. The van der Waals surface area contributed by atoms with Gasteiger partial charge in [-0.25, -0.2) is 0 Å². The number of aromatic nitrogens is 1. The molecule has 1 nitrogen and oxygen atoms in total. The lowest BCUT2D eigenvalue weighted by molar-refractivity contribution is 0.821. The Morgan fingerprint density at radius 1 is 0.783 bits per heavy atom. The zero-order chi connectivity index (χ0) is 15.5. The van der Waals surface area contributed by atoms with Crippen molar-refractivity contribution < 1.29 is 0 Å². The smallest absolute Gasteiger partial charge is 0.0412 e. The first-order chi connectivity index (χ1) is 11.4. The molecule has 1 aromatic heterocycles. The zero-order valence-corrected chi connectivity index (χ0v) is 13.0. The second kappa shape index (κ2) is 6.21. The van der Waals surface area contributed by atoms with Gasteiger partial charge in [-0.1, -0.05) is 66.7 Å². The maximum Gasteiger partial charge on any atom is 0.0412 e. The summed E-state index contributed by atoms with van der Waals surface area (Å²) in [5, 5.41) is 0. The average molecular weight is 297 g/mol. The normalized spacial score (nSPS) is 16.0. The highest BCUT2D eigenvalue weighted by atomic mass is 14.7. The number of benzene rings is 2. The van der Waals surface area contributed by atoms with Gasteiger partial charge in [-0.15, -0.1) is 0 Å². The van der Waals surface area contributed by atoms with Gasteiger partial charge in [0.1, 0.15) is 0 Å². The lowest BCUT2D eigenvalue weighted by atomic mass is 9.95. The van der Waals surface area contributed by atoms with Crippen LogP contribution in [-0.2, 0) is 12.8 Å². The number of hydrogen-bond acceptors (Lipinski definition) is 1. The largest absolute Gasteiger partial charge is 0.261 e. The summed E-state index contributed by atoms with van der Waals surface area (Å²) >= 11 is 0. The summed E-state index contributed by atoms with van der Waals surface area (Å²) in [6.07, 6.45) is 6.28. The minimum Gasteiger partial charge on any atom is -0.261 e. The van der Waals surface area contributed by atoms with Crippen LogP contribution in [0.5, 0.6) is 0 Å². The van der Waals surface area contributed by atoms with E-state index >= 15 is 0 Å². The molecule has 0 fully saturated rings. The summed E-state index contributed by atoms with van der Waals surface area (Å²) in [7, 11) is 0. The molecule has 0 saturated carbocycles. The molecule has 1 heterocycles. The van der Waals surface area contributed by atoms with Gasteiger partial charge in [0.2, 0.25) is 0 Å². The summed E-state index contributed by atoms with van der Waals surface area (Å²) in [6, 6.07) is 25.7. The maximum absolute atomic E-state index is 4.49. The van der Waals surface area contributed by atoms with Gasteiger partial charge in [-0.05, 0) is 40.8 Å². The van der Waals surface area contributed by atoms with Crippen molar-refractivity contribution in [3.8, 4) is 0 Å². The molecule has 0 spiro atoms. The zero-order valence-electron chi connectivity index (χ0n) is 13.0. The van der Waals surface area contributed by atoms with Gasteiger partial charge in [0.25, 0.3) is 0 Å². The molecule has 1 unspecified atom stereocenters. The summed E-state index contributed by atoms with van der Waals surface area (Å²) in [4.78, 5) is 4.49. The van der Waals surface area contributed by atoms with Crippen LogP contribution in [0.15, 0.2) is 85.1 Å². The molecule has 1 atom stereocenters. The van der Waals surface area contributed by atoms with Crippen molar-refractivity contribution in [2.24, 2.45) is 0 Å². The Bertz CT molecular complexity index is 819. The summed E-state index contributed by atoms with van der Waals surface area (Å²) < 4.78 is 0. The topological polar surface area (TPSA) is 12.9 Å². The van der Waals surface area contributed by atoms with E-state index in [1.165, 1.54) is 22.3 Å². The fraction of sp³-hybridized carbons (Fsp3) is 0.136. The third-order valence-corrected chi connectivity index (χ3v) is 4.50. The number of hydrogen-bond donors (Lipinski definition) is 0. The second-order valence-corrected chi connectivity index (χ2v) is 6.07. The summed E-state index contributed by atoms with van der Waals surface area (Å²) in [5.74, 6) is 0.430. The van der Waals surface area contributed by atoms with Crippen molar-refractivity contribution in [3.05, 3.63) is 107 Å². The number of pyridine rings is 1. The molecule has 0 N–H and O–H groups in total. The first-order valence-electron chi connectivity index (χ1n) is 8.14. The molecule has 4 rings (SSSR count). The van der Waals surface area contributed by atoms with E-state index in [0.717, 1.165) is 18.5 Å². The monoisotopic (exact) mass is 297 g/mol. The highest BCUT2D eigenvalue weighted by molar-refractivity contribution is 5.76. The Labute approximate surface area is 137 Å². The van der Waals surface area contributed by atoms with Crippen LogP contribution in [0.1, 0.15) is 28.3 Å². The fourth-order valence-electron chi connectivity index (χ4n) is 3.42. The predicted octanol–water partition coefficient (Wildman–Crippen LogP) is 5.05. The van der Waals surface area contributed by atoms with Crippen LogP contribution in [0, 0.1) is 0 Å².